The molecule has 0 aliphatic rings. The first-order chi connectivity index (χ1) is 9.91. The number of nitriles is 1. The molecule has 1 N–H and O–H groups in total. The molecule has 0 spiro atoms. The average Bonchev–Trinajstić information content (AvgIpc) is 2.47. The van der Waals surface area contributed by atoms with Gasteiger partial charge in [-0.25, -0.2) is 4.98 Å². The number of hydrogen-bond donors (Lipinski definition) is 1. The maximum absolute atomic E-state index is 12.2. The van der Waals surface area contributed by atoms with Crippen LogP contribution < -0.4 is 5.32 Å². The molecule has 0 saturated carbocycles. The van der Waals surface area contributed by atoms with Gasteiger partial charge in [0.25, 0.3) is 5.91 Å². The highest BCUT2D eigenvalue weighted by Gasteiger charge is 2.15. The van der Waals surface area contributed by atoms with E-state index in [0.717, 1.165) is 5.56 Å². The summed E-state index contributed by atoms with van der Waals surface area (Å²) in [7, 11) is 0. The zero-order valence-electron chi connectivity index (χ0n) is 12.3. The predicted molar refractivity (Wildman–Crippen MR) is 82.0 cm³/mol. The van der Waals surface area contributed by atoms with Crippen molar-refractivity contribution in [1.82, 2.24) is 4.98 Å². The molecule has 0 fully saturated rings. The van der Waals surface area contributed by atoms with Crippen molar-refractivity contribution in [3.8, 4) is 6.07 Å². The van der Waals surface area contributed by atoms with Gasteiger partial charge in [0.1, 0.15) is 6.07 Å². The van der Waals surface area contributed by atoms with Crippen molar-refractivity contribution in [2.24, 2.45) is 0 Å². The van der Waals surface area contributed by atoms with Gasteiger partial charge in [-0.1, -0.05) is 32.9 Å². The van der Waals surface area contributed by atoms with Gasteiger partial charge in [-0.05, 0) is 35.2 Å². The largest absolute Gasteiger partial charge is 0.305 e. The fourth-order valence-electron chi connectivity index (χ4n) is 1.90. The highest BCUT2D eigenvalue weighted by atomic mass is 16.1. The Morgan fingerprint density at radius 3 is 2.43 bits per heavy atom. The van der Waals surface area contributed by atoms with Gasteiger partial charge in [-0.15, -0.1) is 0 Å². The number of aromatic nitrogens is 1. The van der Waals surface area contributed by atoms with Gasteiger partial charge in [0, 0.05) is 11.8 Å². The third-order valence-electron chi connectivity index (χ3n) is 3.17. The second-order valence-corrected chi connectivity index (χ2v) is 5.79. The number of nitrogens with zero attached hydrogens (tertiary/aromatic N) is 2. The number of rotatable bonds is 2. The summed E-state index contributed by atoms with van der Waals surface area (Å²) in [6.07, 6.45) is 1.54. The number of pyridine rings is 1. The van der Waals surface area contributed by atoms with E-state index in [1.54, 1.807) is 30.5 Å². The molecule has 4 heteroatoms. The first-order valence-corrected chi connectivity index (χ1v) is 6.69. The van der Waals surface area contributed by atoms with Crippen molar-refractivity contribution < 1.29 is 4.79 Å². The predicted octanol–water partition coefficient (Wildman–Crippen LogP) is 3.50. The molecule has 1 aromatic heterocycles. The average molecular weight is 279 g/mol. The maximum Gasteiger partial charge on any atom is 0.256 e. The summed E-state index contributed by atoms with van der Waals surface area (Å²) in [6, 6.07) is 12.7. The van der Waals surface area contributed by atoms with E-state index < -0.39 is 0 Å². The molecular weight excluding hydrogens is 262 g/mol. The standard InChI is InChI=1S/C17H17N3O/c1-17(2,3)14-8-6-12(7-9-14)16(21)20-15-13(11-18)5-4-10-19-15/h4-10H,1-3H3,(H,19,20,21). The van der Waals surface area contributed by atoms with E-state index in [1.807, 2.05) is 18.2 Å². The zero-order chi connectivity index (χ0) is 15.5. The van der Waals surface area contributed by atoms with E-state index in [0.29, 0.717) is 11.1 Å². The number of benzene rings is 1. The summed E-state index contributed by atoms with van der Waals surface area (Å²) in [5, 5.41) is 11.6. The lowest BCUT2D eigenvalue weighted by Crippen LogP contribution is -2.15. The second-order valence-electron chi connectivity index (χ2n) is 5.79. The van der Waals surface area contributed by atoms with Crippen LogP contribution in [0.25, 0.3) is 0 Å². The SMILES string of the molecule is CC(C)(C)c1ccc(C(=O)Nc2ncccc2C#N)cc1. The van der Waals surface area contributed by atoms with E-state index in [2.05, 4.69) is 31.1 Å². The van der Waals surface area contributed by atoms with Crippen molar-refractivity contribution in [2.45, 2.75) is 26.2 Å². The fourth-order valence-corrected chi connectivity index (χ4v) is 1.90. The number of nitrogens with one attached hydrogen (secondary N) is 1. The Kier molecular flexibility index (Phi) is 4.04. The molecule has 0 radical (unpaired) electrons. The molecule has 0 saturated heterocycles. The maximum atomic E-state index is 12.2. The molecule has 106 valence electrons. The molecule has 0 unspecified atom stereocenters. The van der Waals surface area contributed by atoms with Crippen LogP contribution in [-0.4, -0.2) is 10.9 Å². The molecule has 1 heterocycles. The number of hydrogen-bond acceptors (Lipinski definition) is 3. The van der Waals surface area contributed by atoms with Crippen LogP contribution in [0.3, 0.4) is 0 Å². The fraction of sp³-hybridized carbons (Fsp3) is 0.235. The van der Waals surface area contributed by atoms with E-state index in [4.69, 9.17) is 5.26 Å². The highest BCUT2D eigenvalue weighted by Crippen LogP contribution is 2.22. The molecule has 0 atom stereocenters. The van der Waals surface area contributed by atoms with Crippen LogP contribution in [0.1, 0.15) is 42.3 Å². The summed E-state index contributed by atoms with van der Waals surface area (Å²) in [4.78, 5) is 16.2. The Bertz CT molecular complexity index is 691. The van der Waals surface area contributed by atoms with E-state index >= 15 is 0 Å². The van der Waals surface area contributed by atoms with Crippen molar-refractivity contribution in [3.63, 3.8) is 0 Å². The van der Waals surface area contributed by atoms with Gasteiger partial charge in [0.2, 0.25) is 0 Å². The van der Waals surface area contributed by atoms with Crippen LogP contribution in [0.4, 0.5) is 5.82 Å². The van der Waals surface area contributed by atoms with Crippen molar-refractivity contribution in [1.29, 1.82) is 5.26 Å². The Balaban J connectivity index is 2.20. The Morgan fingerprint density at radius 2 is 1.86 bits per heavy atom. The lowest BCUT2D eigenvalue weighted by Gasteiger charge is -2.19. The molecule has 0 bridgehead atoms. The van der Waals surface area contributed by atoms with Gasteiger partial charge in [-0.2, -0.15) is 5.26 Å². The number of anilines is 1. The lowest BCUT2D eigenvalue weighted by molar-refractivity contribution is 0.102. The topological polar surface area (TPSA) is 65.8 Å². The molecule has 0 aliphatic heterocycles. The molecule has 2 rings (SSSR count). The highest BCUT2D eigenvalue weighted by molar-refractivity contribution is 6.04. The molecule has 2 aromatic rings. The molecule has 1 amide bonds. The van der Waals surface area contributed by atoms with E-state index in [1.165, 1.54) is 0 Å². The minimum atomic E-state index is -0.273. The van der Waals surface area contributed by atoms with Gasteiger partial charge >= 0.3 is 0 Å². The van der Waals surface area contributed by atoms with Crippen LogP contribution in [0.2, 0.25) is 0 Å². The smallest absolute Gasteiger partial charge is 0.256 e. The Morgan fingerprint density at radius 1 is 1.19 bits per heavy atom. The van der Waals surface area contributed by atoms with Gasteiger partial charge < -0.3 is 5.32 Å². The normalized spacial score (nSPS) is 10.8. The molecule has 1 aromatic carbocycles. The zero-order valence-corrected chi connectivity index (χ0v) is 12.3. The lowest BCUT2D eigenvalue weighted by atomic mass is 9.87. The van der Waals surface area contributed by atoms with Gasteiger partial charge in [0.05, 0.1) is 5.56 Å². The first-order valence-electron chi connectivity index (χ1n) is 6.69. The molecule has 21 heavy (non-hydrogen) atoms. The van der Waals surface area contributed by atoms with Crippen LogP contribution >= 0.6 is 0 Å². The first kappa shape index (κ1) is 14.7. The van der Waals surface area contributed by atoms with Crippen LogP contribution in [0, 0.1) is 11.3 Å². The van der Waals surface area contributed by atoms with Crippen molar-refractivity contribution in [2.75, 3.05) is 5.32 Å². The van der Waals surface area contributed by atoms with Crippen LogP contribution in [0.15, 0.2) is 42.6 Å². The monoisotopic (exact) mass is 279 g/mol. The molecular formula is C17H17N3O. The second kappa shape index (κ2) is 5.76. The van der Waals surface area contributed by atoms with Crippen LogP contribution in [-0.2, 0) is 5.41 Å². The third kappa shape index (κ3) is 3.46. The Labute approximate surface area is 124 Å². The summed E-state index contributed by atoms with van der Waals surface area (Å²) < 4.78 is 0. The summed E-state index contributed by atoms with van der Waals surface area (Å²) >= 11 is 0. The number of carbonyl (C=O) groups is 1. The van der Waals surface area contributed by atoms with Crippen molar-refractivity contribution >= 4 is 11.7 Å². The Hall–Kier alpha value is -2.67. The number of amides is 1. The van der Waals surface area contributed by atoms with E-state index in [9.17, 15) is 4.79 Å². The minimum absolute atomic E-state index is 0.0456. The van der Waals surface area contributed by atoms with Gasteiger partial charge in [0.15, 0.2) is 5.82 Å². The molecule has 0 aliphatic carbocycles. The molecule has 4 nitrogen and oxygen atoms in total. The summed E-state index contributed by atoms with van der Waals surface area (Å²) in [5.41, 5.74) is 2.09. The minimum Gasteiger partial charge on any atom is -0.305 e. The number of carbonyl (C=O) groups excluding carboxylic acids is 1. The third-order valence-corrected chi connectivity index (χ3v) is 3.17. The van der Waals surface area contributed by atoms with Gasteiger partial charge in [-0.3, -0.25) is 4.79 Å². The summed E-state index contributed by atoms with van der Waals surface area (Å²) in [5.74, 6) is 0.00978. The van der Waals surface area contributed by atoms with Crippen LogP contribution in [0.5, 0.6) is 0 Å². The van der Waals surface area contributed by atoms with E-state index in [-0.39, 0.29) is 17.1 Å². The quantitative estimate of drug-likeness (QED) is 0.914. The summed E-state index contributed by atoms with van der Waals surface area (Å²) in [6.45, 7) is 6.36. The van der Waals surface area contributed by atoms with Crippen molar-refractivity contribution in [3.05, 3.63) is 59.3 Å².